The van der Waals surface area contributed by atoms with Gasteiger partial charge in [0.15, 0.2) is 5.69 Å². The van der Waals surface area contributed by atoms with E-state index in [-0.39, 0.29) is 18.3 Å². The van der Waals surface area contributed by atoms with Crippen LogP contribution in [-0.4, -0.2) is 40.5 Å². The number of halogens is 2. The first kappa shape index (κ1) is 20.7. The molecule has 1 aromatic carbocycles. The van der Waals surface area contributed by atoms with Crippen molar-refractivity contribution in [3.8, 4) is 5.69 Å². The van der Waals surface area contributed by atoms with Crippen LogP contribution >= 0.6 is 24.0 Å². The van der Waals surface area contributed by atoms with Crippen LogP contribution in [0.15, 0.2) is 24.3 Å². The third kappa shape index (κ3) is 4.96. The molecule has 6 nitrogen and oxygen atoms in total. The highest BCUT2D eigenvalue weighted by atomic mass is 35.5. The monoisotopic (exact) mass is 397 g/mol. The second-order valence-electron chi connectivity index (χ2n) is 6.43. The molecule has 1 aliphatic rings. The quantitative estimate of drug-likeness (QED) is 0.752. The number of carbonyl (C=O) groups excluding carboxylic acids is 1. The van der Waals surface area contributed by atoms with E-state index in [0.29, 0.717) is 23.2 Å². The number of nitrogens with one attached hydrogen (secondary N) is 2. The third-order valence-corrected chi connectivity index (χ3v) is 4.75. The van der Waals surface area contributed by atoms with Gasteiger partial charge in [-0.1, -0.05) is 36.2 Å². The van der Waals surface area contributed by atoms with E-state index in [1.807, 2.05) is 24.3 Å². The number of hydrogen-bond donors (Lipinski definition) is 2. The normalized spacial score (nSPS) is 16.3. The largest absolute Gasteiger partial charge is 0.351 e. The summed E-state index contributed by atoms with van der Waals surface area (Å²) in [5, 5.41) is 15.3. The van der Waals surface area contributed by atoms with Crippen molar-refractivity contribution in [1.82, 2.24) is 25.6 Å². The average molecular weight is 398 g/mol. The van der Waals surface area contributed by atoms with Crippen LogP contribution in [0.2, 0.25) is 5.02 Å². The molecule has 1 atom stereocenters. The number of nitrogens with zero attached hydrogens (tertiary/aromatic N) is 3. The Bertz CT molecular complexity index is 728. The van der Waals surface area contributed by atoms with Crippen LogP contribution < -0.4 is 10.6 Å². The van der Waals surface area contributed by atoms with Crippen LogP contribution in [0.3, 0.4) is 0 Å². The van der Waals surface area contributed by atoms with Gasteiger partial charge in [-0.15, -0.1) is 17.5 Å². The number of aromatic nitrogens is 3. The summed E-state index contributed by atoms with van der Waals surface area (Å²) < 4.78 is 1.71. The molecule has 1 saturated heterocycles. The van der Waals surface area contributed by atoms with Gasteiger partial charge in [0.1, 0.15) is 0 Å². The molecular weight excluding hydrogens is 373 g/mol. The molecule has 1 amide bonds. The highest BCUT2D eigenvalue weighted by Gasteiger charge is 2.21. The van der Waals surface area contributed by atoms with E-state index in [2.05, 4.69) is 27.9 Å². The molecule has 1 aromatic heterocycles. The molecule has 0 spiro atoms. The Balaban J connectivity index is 0.00000243. The molecule has 26 heavy (non-hydrogen) atoms. The molecule has 3 rings (SSSR count). The Morgan fingerprint density at radius 1 is 1.46 bits per heavy atom. The highest BCUT2D eigenvalue weighted by molar-refractivity contribution is 6.30. The van der Waals surface area contributed by atoms with Crippen molar-refractivity contribution in [2.45, 2.75) is 32.6 Å². The van der Waals surface area contributed by atoms with Crippen molar-refractivity contribution >= 4 is 29.9 Å². The van der Waals surface area contributed by atoms with Gasteiger partial charge in [0.2, 0.25) is 0 Å². The zero-order valence-corrected chi connectivity index (χ0v) is 16.4. The second-order valence-corrected chi connectivity index (χ2v) is 6.87. The lowest BCUT2D eigenvalue weighted by molar-refractivity contribution is 0.0945. The standard InChI is InChI=1S/C18H24ClN5O.ClH/c1-2-4-16-17(18(25)21-10-8-13-7-9-20-12-13)22-23-24(16)15-6-3-5-14(19)11-15;/h3,5-6,11,13,20H,2,4,7-10,12H2,1H3,(H,21,25);1H. The van der Waals surface area contributed by atoms with Crippen LogP contribution in [0.1, 0.15) is 42.4 Å². The van der Waals surface area contributed by atoms with Crippen LogP contribution in [-0.2, 0) is 6.42 Å². The molecule has 1 unspecified atom stereocenters. The summed E-state index contributed by atoms with van der Waals surface area (Å²) >= 11 is 6.08. The van der Waals surface area contributed by atoms with E-state index >= 15 is 0 Å². The smallest absolute Gasteiger partial charge is 0.273 e. The van der Waals surface area contributed by atoms with E-state index in [1.165, 1.54) is 6.42 Å². The Morgan fingerprint density at radius 3 is 3.00 bits per heavy atom. The maximum atomic E-state index is 12.6. The van der Waals surface area contributed by atoms with Crippen LogP contribution in [0.25, 0.3) is 5.69 Å². The fraction of sp³-hybridized carbons (Fsp3) is 0.500. The van der Waals surface area contributed by atoms with Crippen molar-refractivity contribution in [1.29, 1.82) is 0 Å². The van der Waals surface area contributed by atoms with Crippen LogP contribution in [0.4, 0.5) is 0 Å². The van der Waals surface area contributed by atoms with Crippen molar-refractivity contribution in [2.75, 3.05) is 19.6 Å². The molecule has 8 heteroatoms. The zero-order valence-electron chi connectivity index (χ0n) is 14.9. The highest BCUT2D eigenvalue weighted by Crippen LogP contribution is 2.18. The van der Waals surface area contributed by atoms with Gasteiger partial charge in [0, 0.05) is 11.6 Å². The summed E-state index contributed by atoms with van der Waals surface area (Å²) in [4.78, 5) is 12.6. The van der Waals surface area contributed by atoms with Crippen LogP contribution in [0, 0.1) is 5.92 Å². The summed E-state index contributed by atoms with van der Waals surface area (Å²) in [7, 11) is 0. The van der Waals surface area contributed by atoms with Gasteiger partial charge in [0.25, 0.3) is 5.91 Å². The molecule has 2 heterocycles. The minimum Gasteiger partial charge on any atom is -0.351 e. The lowest BCUT2D eigenvalue weighted by Gasteiger charge is -2.10. The molecule has 1 aliphatic heterocycles. The van der Waals surface area contributed by atoms with Gasteiger partial charge in [-0.05, 0) is 56.5 Å². The molecule has 0 bridgehead atoms. The van der Waals surface area contributed by atoms with E-state index in [4.69, 9.17) is 11.6 Å². The minimum atomic E-state index is -0.150. The number of hydrogen-bond acceptors (Lipinski definition) is 4. The Hall–Kier alpha value is -1.63. The summed E-state index contributed by atoms with van der Waals surface area (Å²) in [6, 6.07) is 7.41. The summed E-state index contributed by atoms with van der Waals surface area (Å²) in [6.45, 7) is 4.86. The first-order valence-electron chi connectivity index (χ1n) is 8.88. The number of benzene rings is 1. The molecule has 2 N–H and O–H groups in total. The van der Waals surface area contributed by atoms with Crippen molar-refractivity contribution in [3.63, 3.8) is 0 Å². The van der Waals surface area contributed by atoms with E-state index < -0.39 is 0 Å². The van der Waals surface area contributed by atoms with Gasteiger partial charge in [-0.2, -0.15) is 0 Å². The lowest BCUT2D eigenvalue weighted by atomic mass is 10.1. The maximum Gasteiger partial charge on any atom is 0.273 e. The topological polar surface area (TPSA) is 71.8 Å². The third-order valence-electron chi connectivity index (χ3n) is 4.52. The molecule has 142 valence electrons. The lowest BCUT2D eigenvalue weighted by Crippen LogP contribution is -2.27. The van der Waals surface area contributed by atoms with Gasteiger partial charge in [0.05, 0.1) is 11.4 Å². The number of amides is 1. The Labute approximate surface area is 165 Å². The molecule has 1 fully saturated rings. The van der Waals surface area contributed by atoms with Gasteiger partial charge < -0.3 is 10.6 Å². The maximum absolute atomic E-state index is 12.6. The van der Waals surface area contributed by atoms with Crippen molar-refractivity contribution in [2.24, 2.45) is 5.92 Å². The molecule has 0 aliphatic carbocycles. The molecule has 0 saturated carbocycles. The fourth-order valence-corrected chi connectivity index (χ4v) is 3.37. The van der Waals surface area contributed by atoms with E-state index in [0.717, 1.165) is 43.7 Å². The van der Waals surface area contributed by atoms with Crippen LogP contribution in [0.5, 0.6) is 0 Å². The van der Waals surface area contributed by atoms with E-state index in [1.54, 1.807) is 4.68 Å². The predicted octanol–water partition coefficient (Wildman–Crippen LogP) is 3.02. The molecule has 2 aromatic rings. The van der Waals surface area contributed by atoms with Crippen molar-refractivity contribution in [3.05, 3.63) is 40.7 Å². The van der Waals surface area contributed by atoms with Gasteiger partial charge in [-0.25, -0.2) is 4.68 Å². The Morgan fingerprint density at radius 2 is 2.31 bits per heavy atom. The average Bonchev–Trinajstić information content (AvgIpc) is 3.25. The van der Waals surface area contributed by atoms with Crippen molar-refractivity contribution < 1.29 is 4.79 Å². The Kier molecular flexibility index (Phi) is 7.87. The SMILES string of the molecule is CCCc1c(C(=O)NCCC2CCNC2)nnn1-c1cccc(Cl)c1.Cl. The zero-order chi connectivity index (χ0) is 17.6. The van der Waals surface area contributed by atoms with Gasteiger partial charge >= 0.3 is 0 Å². The number of rotatable bonds is 7. The summed E-state index contributed by atoms with van der Waals surface area (Å²) in [6.07, 6.45) is 3.81. The number of carbonyl (C=O) groups is 1. The fourth-order valence-electron chi connectivity index (χ4n) is 3.19. The van der Waals surface area contributed by atoms with Gasteiger partial charge in [-0.3, -0.25) is 4.79 Å². The molecule has 0 radical (unpaired) electrons. The predicted molar refractivity (Wildman–Crippen MR) is 106 cm³/mol. The summed E-state index contributed by atoms with van der Waals surface area (Å²) in [5.41, 5.74) is 2.05. The first-order chi connectivity index (χ1) is 12.2. The van der Waals surface area contributed by atoms with E-state index in [9.17, 15) is 4.79 Å². The minimum absolute atomic E-state index is 0. The second kappa shape index (κ2) is 9.90. The molecular formula is C18H25Cl2N5O. The summed E-state index contributed by atoms with van der Waals surface area (Å²) in [5.74, 6) is 0.500. The first-order valence-corrected chi connectivity index (χ1v) is 9.26.